The molecule has 2 N–H and O–H groups in total. The molecule has 0 aliphatic carbocycles. The lowest BCUT2D eigenvalue weighted by Crippen LogP contribution is -2.59. The van der Waals surface area contributed by atoms with Crippen molar-refractivity contribution in [3.05, 3.63) is 34.9 Å². The molecular formula is C21H33FN2O3S. The lowest BCUT2D eigenvalue weighted by Gasteiger charge is -2.45. The average Bonchev–Trinajstić information content (AvgIpc) is 2.53. The highest BCUT2D eigenvalue weighted by molar-refractivity contribution is 7.98. The predicted octanol–water partition coefficient (Wildman–Crippen LogP) is 4.69. The number of likely N-dealkylation sites (tertiary alicyclic amines) is 1. The van der Waals surface area contributed by atoms with E-state index >= 15 is 4.39 Å². The highest BCUT2D eigenvalue weighted by Crippen LogP contribution is 2.38. The summed E-state index contributed by atoms with van der Waals surface area (Å²) in [6, 6.07) is 5.38. The molecule has 1 aromatic carbocycles. The summed E-state index contributed by atoms with van der Waals surface area (Å²) in [5, 5.41) is 9.62. The molecule has 0 aromatic heterocycles. The molecule has 0 bridgehead atoms. The summed E-state index contributed by atoms with van der Waals surface area (Å²) in [6.45, 7) is 13.5. The van der Waals surface area contributed by atoms with Gasteiger partial charge in [0.2, 0.25) is 0 Å². The van der Waals surface area contributed by atoms with Gasteiger partial charge in [0, 0.05) is 10.8 Å². The van der Waals surface area contributed by atoms with Crippen molar-refractivity contribution in [2.24, 2.45) is 0 Å². The molecule has 1 aliphatic rings. The summed E-state index contributed by atoms with van der Waals surface area (Å²) in [7, 11) is 0. The van der Waals surface area contributed by atoms with E-state index in [0.717, 1.165) is 5.56 Å². The summed E-state index contributed by atoms with van der Waals surface area (Å²) in [4.78, 5) is 13.5. The number of carbonyl (C=O) groups is 1. The lowest BCUT2D eigenvalue weighted by atomic mass is 9.85. The van der Waals surface area contributed by atoms with Crippen molar-refractivity contribution in [2.45, 2.75) is 77.1 Å². The summed E-state index contributed by atoms with van der Waals surface area (Å²) in [6.07, 6.45) is -0.504. The summed E-state index contributed by atoms with van der Waals surface area (Å²) in [5.74, 6) is 0. The van der Waals surface area contributed by atoms with E-state index in [-0.39, 0.29) is 30.5 Å². The predicted molar refractivity (Wildman–Crippen MR) is 112 cm³/mol. The minimum absolute atomic E-state index is 0.0138. The van der Waals surface area contributed by atoms with Crippen LogP contribution >= 0.6 is 11.9 Å². The molecule has 158 valence electrons. The minimum atomic E-state index is -1.63. The Hall–Kier alpha value is -1.31. The smallest absolute Gasteiger partial charge is 0.410 e. The number of hydrogen-bond donors (Lipinski definition) is 2. The van der Waals surface area contributed by atoms with Gasteiger partial charge in [0.05, 0.1) is 19.7 Å². The molecule has 28 heavy (non-hydrogen) atoms. The maximum atomic E-state index is 15.5. The molecule has 0 saturated carbocycles. The number of aliphatic hydroxyl groups excluding tert-OH is 1. The fraction of sp³-hybridized carbons (Fsp3) is 0.667. The third kappa shape index (κ3) is 6.09. The van der Waals surface area contributed by atoms with E-state index in [1.165, 1.54) is 4.90 Å². The van der Waals surface area contributed by atoms with Crippen molar-refractivity contribution >= 4 is 18.0 Å². The third-order valence-electron chi connectivity index (χ3n) is 4.29. The topological polar surface area (TPSA) is 61.8 Å². The molecule has 1 heterocycles. The Labute approximate surface area is 172 Å². The minimum Gasteiger partial charge on any atom is -0.444 e. The van der Waals surface area contributed by atoms with Gasteiger partial charge in [-0.15, -0.1) is 0 Å². The van der Waals surface area contributed by atoms with Gasteiger partial charge in [-0.2, -0.15) is 0 Å². The maximum Gasteiger partial charge on any atom is 0.410 e. The zero-order valence-electron chi connectivity index (χ0n) is 17.9. The van der Waals surface area contributed by atoms with Crippen molar-refractivity contribution in [3.63, 3.8) is 0 Å². The maximum absolute atomic E-state index is 15.5. The summed E-state index contributed by atoms with van der Waals surface area (Å²) < 4.78 is 24.2. The first kappa shape index (κ1) is 23.0. The number of ether oxygens (including phenoxy) is 1. The molecule has 0 unspecified atom stereocenters. The van der Waals surface area contributed by atoms with Crippen LogP contribution in [0.15, 0.2) is 18.2 Å². The van der Waals surface area contributed by atoms with Gasteiger partial charge in [-0.1, -0.05) is 30.1 Å². The van der Waals surface area contributed by atoms with E-state index in [1.54, 1.807) is 38.8 Å². The number of carbonyl (C=O) groups excluding carboxylic acids is 1. The number of hydrogen-bond acceptors (Lipinski definition) is 5. The van der Waals surface area contributed by atoms with Crippen LogP contribution < -0.4 is 4.72 Å². The van der Waals surface area contributed by atoms with Gasteiger partial charge in [-0.3, -0.25) is 4.72 Å². The van der Waals surface area contributed by atoms with Crippen LogP contribution in [0.1, 0.15) is 71.2 Å². The highest BCUT2D eigenvalue weighted by Gasteiger charge is 2.48. The summed E-state index contributed by atoms with van der Waals surface area (Å²) >= 11 is 1.62. The van der Waals surface area contributed by atoms with E-state index in [2.05, 4.69) is 25.5 Å². The molecular weight excluding hydrogens is 379 g/mol. The molecule has 1 saturated heterocycles. The van der Waals surface area contributed by atoms with Gasteiger partial charge >= 0.3 is 6.09 Å². The Balaban J connectivity index is 2.14. The van der Waals surface area contributed by atoms with Gasteiger partial charge in [0.15, 0.2) is 5.67 Å². The molecule has 1 atom stereocenters. The number of aliphatic hydroxyl groups is 1. The number of halogens is 1. The first-order valence-electron chi connectivity index (χ1n) is 9.58. The fourth-order valence-electron chi connectivity index (χ4n) is 2.85. The quantitative estimate of drug-likeness (QED) is 0.687. The number of amides is 1. The van der Waals surface area contributed by atoms with Crippen LogP contribution in [0.4, 0.5) is 9.18 Å². The normalized spacial score (nSPS) is 17.8. The Morgan fingerprint density at radius 2 is 1.89 bits per heavy atom. The molecule has 2 rings (SSSR count). The fourth-order valence-corrected chi connectivity index (χ4v) is 3.51. The monoisotopic (exact) mass is 412 g/mol. The van der Waals surface area contributed by atoms with E-state index in [9.17, 15) is 9.90 Å². The van der Waals surface area contributed by atoms with Crippen LogP contribution in [-0.2, 0) is 17.0 Å². The molecule has 1 fully saturated rings. The second kappa shape index (κ2) is 8.20. The first-order chi connectivity index (χ1) is 12.7. The molecule has 1 aromatic rings. The van der Waals surface area contributed by atoms with Crippen molar-refractivity contribution in [1.82, 2.24) is 9.62 Å². The number of rotatable bonds is 5. The number of alkyl halides is 1. The number of nitrogens with zero attached hydrogens (tertiary/aromatic N) is 1. The van der Waals surface area contributed by atoms with E-state index in [4.69, 9.17) is 4.74 Å². The average molecular weight is 413 g/mol. The highest BCUT2D eigenvalue weighted by atomic mass is 32.2. The van der Waals surface area contributed by atoms with Crippen LogP contribution in [0.25, 0.3) is 0 Å². The van der Waals surface area contributed by atoms with Crippen molar-refractivity contribution in [1.29, 1.82) is 0 Å². The zero-order valence-corrected chi connectivity index (χ0v) is 18.7. The van der Waals surface area contributed by atoms with Gasteiger partial charge in [0.1, 0.15) is 5.60 Å². The lowest BCUT2D eigenvalue weighted by molar-refractivity contribution is -0.0538. The van der Waals surface area contributed by atoms with Crippen LogP contribution in [0.5, 0.6) is 0 Å². The van der Waals surface area contributed by atoms with Crippen LogP contribution in [0.3, 0.4) is 0 Å². The van der Waals surface area contributed by atoms with E-state index in [1.807, 2.05) is 19.1 Å². The molecule has 1 amide bonds. The SMILES string of the molecule is C[C@@H](NSC(C)(C)C)c1cc(CO)cc(C2(F)CN(C(=O)OC(C)(C)C)C2)c1. The molecule has 0 spiro atoms. The zero-order chi connectivity index (χ0) is 21.3. The standard InChI is InChI=1S/C21H33FN2O3S/c1-14(23-28-20(5,6)7)16-8-15(11-25)9-17(10-16)21(22)12-24(13-21)18(26)27-19(2,3)4/h8-10,14,23,25H,11-13H2,1-7H3/t14-/m1/s1. The Bertz CT molecular complexity index is 707. The van der Waals surface area contributed by atoms with Gasteiger partial charge in [-0.25, -0.2) is 9.18 Å². The second-order valence-corrected chi connectivity index (χ2v) is 11.1. The molecule has 0 radical (unpaired) electrons. The van der Waals surface area contributed by atoms with Gasteiger partial charge < -0.3 is 14.7 Å². The van der Waals surface area contributed by atoms with Gasteiger partial charge in [0.25, 0.3) is 0 Å². The van der Waals surface area contributed by atoms with E-state index in [0.29, 0.717) is 11.1 Å². The number of nitrogens with one attached hydrogen (secondary N) is 1. The van der Waals surface area contributed by atoms with E-state index < -0.39 is 17.4 Å². The molecule has 7 heteroatoms. The van der Waals surface area contributed by atoms with Crippen LogP contribution in [-0.4, -0.2) is 39.5 Å². The first-order valence-corrected chi connectivity index (χ1v) is 10.4. The Kier molecular flexibility index (Phi) is 6.73. The third-order valence-corrected chi connectivity index (χ3v) is 5.38. The van der Waals surface area contributed by atoms with Crippen LogP contribution in [0, 0.1) is 0 Å². The Morgan fingerprint density at radius 3 is 2.39 bits per heavy atom. The summed E-state index contributed by atoms with van der Waals surface area (Å²) in [5.41, 5.74) is -0.182. The van der Waals surface area contributed by atoms with Crippen molar-refractivity contribution < 1.29 is 19.0 Å². The molecule has 5 nitrogen and oxygen atoms in total. The van der Waals surface area contributed by atoms with Gasteiger partial charge in [-0.05, 0) is 65.2 Å². The molecule has 1 aliphatic heterocycles. The van der Waals surface area contributed by atoms with Crippen molar-refractivity contribution in [2.75, 3.05) is 13.1 Å². The van der Waals surface area contributed by atoms with Crippen molar-refractivity contribution in [3.8, 4) is 0 Å². The largest absolute Gasteiger partial charge is 0.444 e. The number of benzene rings is 1. The Morgan fingerprint density at radius 1 is 1.29 bits per heavy atom. The second-order valence-electron chi connectivity index (χ2n) is 9.48. The van der Waals surface area contributed by atoms with Crippen LogP contribution in [0.2, 0.25) is 0 Å².